The molecular weight excluding hydrogens is 507 g/mol. The molecule has 0 atom stereocenters. The van der Waals surface area contributed by atoms with E-state index >= 15 is 0 Å². The van der Waals surface area contributed by atoms with Gasteiger partial charge in [-0.15, -0.1) is 24.0 Å². The van der Waals surface area contributed by atoms with Crippen LogP contribution < -0.4 is 14.8 Å². The third-order valence-corrected chi connectivity index (χ3v) is 5.25. The number of halogens is 1. The smallest absolute Gasteiger partial charge is 0.194 e. The molecule has 3 rings (SSSR count). The topological polar surface area (TPSA) is 67.2 Å². The first-order valence-electron chi connectivity index (χ1n) is 10.7. The van der Waals surface area contributed by atoms with Gasteiger partial charge in [-0.3, -0.25) is 14.6 Å². The molecule has 1 aliphatic rings. The van der Waals surface area contributed by atoms with E-state index in [0.29, 0.717) is 0 Å². The minimum atomic E-state index is 0. The molecule has 0 saturated carbocycles. The molecule has 0 aliphatic carbocycles. The molecule has 0 bridgehead atoms. The van der Waals surface area contributed by atoms with Gasteiger partial charge in [-0.25, -0.2) is 0 Å². The monoisotopic (exact) mass is 542 g/mol. The van der Waals surface area contributed by atoms with Crippen LogP contribution in [0.4, 0.5) is 0 Å². The lowest BCUT2D eigenvalue weighted by Gasteiger charge is -2.36. The molecule has 0 amide bonds. The summed E-state index contributed by atoms with van der Waals surface area (Å²) < 4.78 is 12.9. The molecule has 2 heterocycles. The Labute approximate surface area is 202 Å². The summed E-state index contributed by atoms with van der Waals surface area (Å²) in [6.07, 6.45) is 4.78. The number of aliphatic imine (C=N–C) groups is 1. The van der Waals surface area contributed by atoms with Crippen molar-refractivity contribution in [3.8, 4) is 11.5 Å². The zero-order chi connectivity index (χ0) is 21.2. The normalized spacial score (nSPS) is 14.8. The highest BCUT2D eigenvalue weighted by atomic mass is 127. The van der Waals surface area contributed by atoms with Gasteiger partial charge in [0.1, 0.15) is 11.5 Å². The van der Waals surface area contributed by atoms with Gasteiger partial charge >= 0.3 is 0 Å². The number of piperazine rings is 1. The standard InChI is InChI=1S/C22H34N6O2.HI/c1-4-23-22(24-9-5-11-28-12-6-10-25-28)27-15-13-26(14-16-27)18-19-17-20(29-2)7-8-21(19)30-3;/h6-8,10,12,17H,4-5,9,11,13-16,18H2,1-3H3,(H,23,24);1H. The number of hydrogen-bond acceptors (Lipinski definition) is 5. The van der Waals surface area contributed by atoms with Gasteiger partial charge in [-0.1, -0.05) is 0 Å². The maximum Gasteiger partial charge on any atom is 0.194 e. The van der Waals surface area contributed by atoms with E-state index in [1.54, 1.807) is 14.2 Å². The van der Waals surface area contributed by atoms with Gasteiger partial charge in [0.25, 0.3) is 0 Å². The van der Waals surface area contributed by atoms with E-state index in [1.165, 1.54) is 0 Å². The summed E-state index contributed by atoms with van der Waals surface area (Å²) in [4.78, 5) is 9.64. The molecule has 0 radical (unpaired) electrons. The van der Waals surface area contributed by atoms with Crippen LogP contribution in [0.2, 0.25) is 0 Å². The van der Waals surface area contributed by atoms with E-state index in [9.17, 15) is 0 Å². The third kappa shape index (κ3) is 7.57. The van der Waals surface area contributed by atoms with Gasteiger partial charge in [0.05, 0.1) is 14.2 Å². The van der Waals surface area contributed by atoms with E-state index in [2.05, 4.69) is 33.2 Å². The van der Waals surface area contributed by atoms with Crippen molar-refractivity contribution in [3.63, 3.8) is 0 Å². The summed E-state index contributed by atoms with van der Waals surface area (Å²) >= 11 is 0. The van der Waals surface area contributed by atoms with E-state index in [1.807, 2.05) is 35.3 Å². The van der Waals surface area contributed by atoms with Crippen LogP contribution in [0, 0.1) is 0 Å². The Morgan fingerprint density at radius 1 is 1.16 bits per heavy atom. The van der Waals surface area contributed by atoms with E-state index in [4.69, 9.17) is 14.5 Å². The Morgan fingerprint density at radius 2 is 1.97 bits per heavy atom. The predicted molar refractivity (Wildman–Crippen MR) is 135 cm³/mol. The molecule has 1 N–H and O–H groups in total. The highest BCUT2D eigenvalue weighted by Gasteiger charge is 2.20. The average Bonchev–Trinajstić information content (AvgIpc) is 3.30. The second-order valence-electron chi connectivity index (χ2n) is 7.30. The number of guanidine groups is 1. The van der Waals surface area contributed by atoms with Crippen LogP contribution in [0.25, 0.3) is 0 Å². The third-order valence-electron chi connectivity index (χ3n) is 5.25. The number of hydrogen-bond donors (Lipinski definition) is 1. The maximum atomic E-state index is 5.53. The van der Waals surface area contributed by atoms with Crippen molar-refractivity contribution in [2.75, 3.05) is 53.5 Å². The Morgan fingerprint density at radius 3 is 2.61 bits per heavy atom. The summed E-state index contributed by atoms with van der Waals surface area (Å²) in [5.74, 6) is 2.78. The van der Waals surface area contributed by atoms with Crippen molar-refractivity contribution in [1.29, 1.82) is 0 Å². The second-order valence-corrected chi connectivity index (χ2v) is 7.30. The Bertz CT molecular complexity index is 791. The molecule has 1 fully saturated rings. The average molecular weight is 542 g/mol. The predicted octanol–water partition coefficient (Wildman–Crippen LogP) is 2.69. The molecule has 31 heavy (non-hydrogen) atoms. The van der Waals surface area contributed by atoms with E-state index in [0.717, 1.165) is 81.8 Å². The van der Waals surface area contributed by atoms with Gasteiger partial charge in [0.2, 0.25) is 0 Å². The van der Waals surface area contributed by atoms with Crippen LogP contribution in [-0.4, -0.2) is 79.0 Å². The van der Waals surface area contributed by atoms with Gasteiger partial charge in [0.15, 0.2) is 5.96 Å². The van der Waals surface area contributed by atoms with Gasteiger partial charge < -0.3 is 19.7 Å². The minimum absolute atomic E-state index is 0. The first-order chi connectivity index (χ1) is 14.7. The Hall–Kier alpha value is -2.01. The van der Waals surface area contributed by atoms with Crippen molar-refractivity contribution in [2.45, 2.75) is 26.4 Å². The van der Waals surface area contributed by atoms with Crippen LogP contribution in [-0.2, 0) is 13.1 Å². The van der Waals surface area contributed by atoms with Crippen LogP contribution in [0.15, 0.2) is 41.7 Å². The zero-order valence-electron chi connectivity index (χ0n) is 18.8. The molecule has 1 aromatic carbocycles. The number of rotatable bonds is 9. The first-order valence-corrected chi connectivity index (χ1v) is 10.7. The van der Waals surface area contributed by atoms with Crippen molar-refractivity contribution < 1.29 is 9.47 Å². The highest BCUT2D eigenvalue weighted by Crippen LogP contribution is 2.25. The molecule has 1 saturated heterocycles. The van der Waals surface area contributed by atoms with Crippen LogP contribution in [0.5, 0.6) is 11.5 Å². The number of methoxy groups -OCH3 is 2. The Kier molecular flexibility index (Phi) is 10.9. The Balaban J connectivity index is 0.00000341. The quantitative estimate of drug-likeness (QED) is 0.228. The number of benzene rings is 1. The fourth-order valence-electron chi connectivity index (χ4n) is 3.64. The lowest BCUT2D eigenvalue weighted by Crippen LogP contribution is -2.52. The molecule has 0 spiro atoms. The lowest BCUT2D eigenvalue weighted by molar-refractivity contribution is 0.171. The summed E-state index contributed by atoms with van der Waals surface area (Å²) in [7, 11) is 3.41. The van der Waals surface area contributed by atoms with Gasteiger partial charge in [-0.05, 0) is 37.6 Å². The molecule has 9 heteroatoms. The fourth-order valence-corrected chi connectivity index (χ4v) is 3.64. The zero-order valence-corrected chi connectivity index (χ0v) is 21.1. The summed E-state index contributed by atoms with van der Waals surface area (Å²) in [5, 5.41) is 7.69. The number of ether oxygens (including phenoxy) is 2. The van der Waals surface area contributed by atoms with Gasteiger partial charge in [-0.2, -0.15) is 5.10 Å². The number of nitrogens with zero attached hydrogens (tertiary/aromatic N) is 5. The number of nitrogens with one attached hydrogen (secondary N) is 1. The van der Waals surface area contributed by atoms with Gasteiger partial charge in [0, 0.05) is 70.3 Å². The molecular formula is C22H35IN6O2. The highest BCUT2D eigenvalue weighted by molar-refractivity contribution is 14.0. The lowest BCUT2D eigenvalue weighted by atomic mass is 10.1. The van der Waals surface area contributed by atoms with Crippen molar-refractivity contribution in [3.05, 3.63) is 42.2 Å². The second kappa shape index (κ2) is 13.4. The molecule has 0 unspecified atom stereocenters. The van der Waals surface area contributed by atoms with Crippen LogP contribution in [0.3, 0.4) is 0 Å². The molecule has 172 valence electrons. The maximum absolute atomic E-state index is 5.53. The summed E-state index contributed by atoms with van der Waals surface area (Å²) in [6.45, 7) is 9.41. The van der Waals surface area contributed by atoms with Crippen molar-refractivity contribution in [2.24, 2.45) is 4.99 Å². The van der Waals surface area contributed by atoms with E-state index in [-0.39, 0.29) is 24.0 Å². The number of aryl methyl sites for hydroxylation is 1. The number of aromatic nitrogens is 2. The largest absolute Gasteiger partial charge is 0.497 e. The SMILES string of the molecule is CCNC(=NCCCn1cccn1)N1CCN(Cc2cc(OC)ccc2OC)CC1.I. The van der Waals surface area contributed by atoms with Crippen molar-refractivity contribution in [1.82, 2.24) is 24.9 Å². The first kappa shape index (κ1) is 25.3. The fraction of sp³-hybridized carbons (Fsp3) is 0.545. The summed E-state index contributed by atoms with van der Waals surface area (Å²) in [5.41, 5.74) is 1.16. The molecule has 1 aliphatic heterocycles. The molecule has 8 nitrogen and oxygen atoms in total. The van der Waals surface area contributed by atoms with E-state index < -0.39 is 0 Å². The minimum Gasteiger partial charge on any atom is -0.497 e. The van der Waals surface area contributed by atoms with Crippen LogP contribution >= 0.6 is 24.0 Å². The van der Waals surface area contributed by atoms with Crippen molar-refractivity contribution >= 4 is 29.9 Å². The summed E-state index contributed by atoms with van der Waals surface area (Å²) in [6, 6.07) is 7.93. The molecule has 2 aromatic rings. The van der Waals surface area contributed by atoms with Crippen LogP contribution in [0.1, 0.15) is 18.9 Å². The molecule has 1 aromatic heterocycles.